The minimum Gasteiger partial charge on any atom is -0.465 e. The van der Waals surface area contributed by atoms with Crippen LogP contribution in [0.3, 0.4) is 0 Å². The molecule has 1 fully saturated rings. The highest BCUT2D eigenvalue weighted by molar-refractivity contribution is 6.28. The molecule has 3 heterocycles. The summed E-state index contributed by atoms with van der Waals surface area (Å²) in [4.78, 5) is 21.6. The highest BCUT2D eigenvalue weighted by Crippen LogP contribution is 2.35. The molecule has 0 unspecified atom stereocenters. The Morgan fingerprint density at radius 2 is 2.25 bits per heavy atom. The van der Waals surface area contributed by atoms with Crippen LogP contribution in [-0.2, 0) is 4.74 Å². The van der Waals surface area contributed by atoms with E-state index in [2.05, 4.69) is 15.0 Å². The van der Waals surface area contributed by atoms with Crippen LogP contribution < -0.4 is 5.56 Å². The van der Waals surface area contributed by atoms with Crippen LogP contribution >= 0.6 is 11.6 Å². The maximum Gasteiger partial charge on any atom is 0.278 e. The van der Waals surface area contributed by atoms with Crippen molar-refractivity contribution in [1.29, 1.82) is 0 Å². The number of nitrogens with one attached hydrogen (secondary N) is 1. The molecule has 0 radical (unpaired) electrons. The van der Waals surface area contributed by atoms with E-state index in [1.54, 1.807) is 0 Å². The summed E-state index contributed by atoms with van der Waals surface area (Å²) in [5.74, 6) is -0.573. The van der Waals surface area contributed by atoms with Crippen molar-refractivity contribution in [3.05, 3.63) is 34.1 Å². The fraction of sp³-hybridized carbons (Fsp3) is 0.300. The third-order valence-electron chi connectivity index (χ3n) is 2.96. The van der Waals surface area contributed by atoms with Gasteiger partial charge in [-0.15, -0.1) is 0 Å². The number of ether oxygens (including phenoxy) is 1. The molecule has 0 aliphatic carbocycles. The number of hydrogen-bond acceptors (Lipinski definition) is 6. The summed E-state index contributed by atoms with van der Waals surface area (Å²) in [6.45, 7) is 0. The number of aromatic amines is 1. The zero-order valence-corrected chi connectivity index (χ0v) is 10.5. The number of aliphatic hydroxyl groups excluding tert-OH is 2. The Kier molecular flexibility index (Phi) is 2.96. The lowest BCUT2D eigenvalue weighted by Crippen LogP contribution is -2.27. The van der Waals surface area contributed by atoms with Crippen molar-refractivity contribution in [2.24, 2.45) is 0 Å². The lowest BCUT2D eigenvalue weighted by Gasteiger charge is -2.15. The summed E-state index contributed by atoms with van der Waals surface area (Å²) in [5.41, 5.74) is -0.316. The lowest BCUT2D eigenvalue weighted by atomic mass is 10.2. The van der Waals surface area contributed by atoms with Gasteiger partial charge in [-0.05, 0) is 11.6 Å². The molecule has 0 saturated carbocycles. The van der Waals surface area contributed by atoms with Crippen molar-refractivity contribution in [2.45, 2.75) is 18.4 Å². The molecule has 2 aromatic rings. The van der Waals surface area contributed by atoms with Crippen LogP contribution in [0.4, 0.5) is 4.39 Å². The monoisotopic (exact) mass is 302 g/mol. The number of H-pyrrole nitrogens is 1. The molecule has 106 valence electrons. The number of nitrogens with zero attached hydrogens (tertiary/aromatic N) is 3. The van der Waals surface area contributed by atoms with Gasteiger partial charge >= 0.3 is 0 Å². The predicted octanol–water partition coefficient (Wildman–Crippen LogP) is -0.252. The van der Waals surface area contributed by atoms with E-state index in [0.29, 0.717) is 0 Å². The molecule has 0 spiro atoms. The molecule has 0 amide bonds. The molecule has 2 aromatic heterocycles. The van der Waals surface area contributed by atoms with E-state index in [1.165, 1.54) is 10.9 Å². The van der Waals surface area contributed by atoms with E-state index < -0.39 is 35.0 Å². The van der Waals surface area contributed by atoms with E-state index in [0.717, 1.165) is 6.33 Å². The molecule has 3 atom stereocenters. The summed E-state index contributed by atoms with van der Waals surface area (Å²) in [7, 11) is 0. The van der Waals surface area contributed by atoms with Gasteiger partial charge in [-0.2, -0.15) is 4.39 Å². The highest BCUT2D eigenvalue weighted by Gasteiger charge is 2.43. The second-order valence-electron chi connectivity index (χ2n) is 4.12. The van der Waals surface area contributed by atoms with Crippen LogP contribution in [0, 0.1) is 0 Å². The highest BCUT2D eigenvalue weighted by atomic mass is 35.5. The Morgan fingerprint density at radius 3 is 2.90 bits per heavy atom. The molecule has 8 nitrogen and oxygen atoms in total. The van der Waals surface area contributed by atoms with Gasteiger partial charge in [0.15, 0.2) is 16.9 Å². The minimum absolute atomic E-state index is 0.0292. The molecule has 3 rings (SSSR count). The molecule has 3 N–H and O–H groups in total. The average molecular weight is 303 g/mol. The van der Waals surface area contributed by atoms with Crippen LogP contribution in [0.5, 0.6) is 0 Å². The third-order valence-corrected chi connectivity index (χ3v) is 3.14. The van der Waals surface area contributed by atoms with Gasteiger partial charge in [-0.25, -0.2) is 9.97 Å². The normalized spacial score (nSPS) is 28.7. The fourth-order valence-corrected chi connectivity index (χ4v) is 2.16. The molecule has 20 heavy (non-hydrogen) atoms. The summed E-state index contributed by atoms with van der Waals surface area (Å²) >= 11 is 5.14. The third kappa shape index (κ3) is 1.79. The van der Waals surface area contributed by atoms with Crippen molar-refractivity contribution >= 4 is 22.8 Å². The average Bonchev–Trinajstić information content (AvgIpc) is 2.94. The summed E-state index contributed by atoms with van der Waals surface area (Å²) in [6.07, 6.45) is -1.93. The zero-order chi connectivity index (χ0) is 14.4. The Hall–Kier alpha value is -1.97. The van der Waals surface area contributed by atoms with E-state index in [-0.39, 0.29) is 11.2 Å². The van der Waals surface area contributed by atoms with Gasteiger partial charge in [-0.1, -0.05) is 0 Å². The number of aromatic nitrogens is 4. The van der Waals surface area contributed by atoms with Gasteiger partial charge < -0.3 is 19.9 Å². The zero-order valence-electron chi connectivity index (χ0n) is 9.70. The lowest BCUT2D eigenvalue weighted by molar-refractivity contribution is -0.0120. The van der Waals surface area contributed by atoms with Crippen molar-refractivity contribution in [2.75, 3.05) is 0 Å². The Balaban J connectivity index is 2.11. The van der Waals surface area contributed by atoms with Crippen LogP contribution in [-0.4, -0.2) is 41.9 Å². The molecule has 1 aliphatic heterocycles. The number of imidazole rings is 1. The second kappa shape index (κ2) is 4.54. The topological polar surface area (TPSA) is 113 Å². The van der Waals surface area contributed by atoms with Gasteiger partial charge in [0.05, 0.1) is 6.33 Å². The van der Waals surface area contributed by atoms with Gasteiger partial charge in [0.1, 0.15) is 18.5 Å². The Bertz CT molecular complexity index is 753. The second-order valence-corrected chi connectivity index (χ2v) is 4.46. The maximum atomic E-state index is 13.0. The molecule has 0 aromatic carbocycles. The first-order valence-corrected chi connectivity index (χ1v) is 5.86. The SMILES string of the molecule is O=c1[nH]cnc2c1ncn2[C@@H]1OC(=C(F)Cl)[C@@H](O)[C@H]1O. The predicted molar refractivity (Wildman–Crippen MR) is 64.3 cm³/mol. The van der Waals surface area contributed by atoms with Gasteiger partial charge in [-0.3, -0.25) is 9.36 Å². The van der Waals surface area contributed by atoms with E-state index >= 15 is 0 Å². The molecule has 0 bridgehead atoms. The molecular formula is C10H8ClFN4O4. The van der Waals surface area contributed by atoms with Crippen LogP contribution in [0.1, 0.15) is 6.23 Å². The van der Waals surface area contributed by atoms with Crippen molar-refractivity contribution < 1.29 is 19.3 Å². The number of rotatable bonds is 1. The first-order valence-electron chi connectivity index (χ1n) is 5.49. The van der Waals surface area contributed by atoms with Crippen LogP contribution in [0.25, 0.3) is 11.2 Å². The molecular weight excluding hydrogens is 295 g/mol. The first kappa shape index (κ1) is 13.0. The largest absolute Gasteiger partial charge is 0.465 e. The number of hydrogen-bond donors (Lipinski definition) is 3. The minimum atomic E-state index is -1.61. The molecule has 1 saturated heterocycles. The van der Waals surface area contributed by atoms with Gasteiger partial charge in [0.2, 0.25) is 11.5 Å². The van der Waals surface area contributed by atoms with E-state index in [1.807, 2.05) is 0 Å². The van der Waals surface area contributed by atoms with Crippen LogP contribution in [0.2, 0.25) is 0 Å². The smallest absolute Gasteiger partial charge is 0.278 e. The molecule has 10 heteroatoms. The first-order chi connectivity index (χ1) is 9.50. The maximum absolute atomic E-state index is 13.0. The number of aliphatic hydroxyl groups is 2. The standard InChI is InChI=1S/C10H8ClFN4O4/c11-7(12)6-4(17)5(18)10(20-6)16-2-15-3-8(16)13-1-14-9(3)19/h1-2,4-5,10,17-18H,(H,13,14,19)/t4-,5+,10+/m0/s1. The number of fused-ring (bicyclic) bond motifs is 1. The summed E-state index contributed by atoms with van der Waals surface area (Å²) in [6, 6.07) is 0. The number of halogens is 2. The fourth-order valence-electron chi connectivity index (χ4n) is 2.01. The van der Waals surface area contributed by atoms with Crippen molar-refractivity contribution in [1.82, 2.24) is 19.5 Å². The summed E-state index contributed by atoms with van der Waals surface area (Å²) < 4.78 is 19.3. The van der Waals surface area contributed by atoms with E-state index in [9.17, 15) is 19.4 Å². The van der Waals surface area contributed by atoms with E-state index in [4.69, 9.17) is 16.3 Å². The van der Waals surface area contributed by atoms with Crippen molar-refractivity contribution in [3.63, 3.8) is 0 Å². The Morgan fingerprint density at radius 1 is 1.50 bits per heavy atom. The summed E-state index contributed by atoms with van der Waals surface area (Å²) in [5, 5.41) is 18.3. The quantitative estimate of drug-likeness (QED) is 0.669. The van der Waals surface area contributed by atoms with Crippen molar-refractivity contribution in [3.8, 4) is 0 Å². The van der Waals surface area contributed by atoms with Gasteiger partial charge in [0, 0.05) is 0 Å². The molecule has 1 aliphatic rings. The van der Waals surface area contributed by atoms with Crippen LogP contribution in [0.15, 0.2) is 28.5 Å². The van der Waals surface area contributed by atoms with Gasteiger partial charge in [0.25, 0.3) is 5.56 Å². The Labute approximate surface area is 115 Å².